The number of hydrogen-bond donors (Lipinski definition) is 3. The molecule has 0 radical (unpaired) electrons. The lowest BCUT2D eigenvalue weighted by molar-refractivity contribution is 0.188. The molecule has 0 aromatic carbocycles. The van der Waals surface area contributed by atoms with Gasteiger partial charge in [0.2, 0.25) is 0 Å². The van der Waals surface area contributed by atoms with E-state index in [4.69, 9.17) is 22.7 Å². The molecule has 1 aliphatic heterocycles. The summed E-state index contributed by atoms with van der Waals surface area (Å²) in [5, 5.41) is 5.59. The molecule has 15 heavy (non-hydrogen) atoms. The third-order valence-electron chi connectivity index (χ3n) is 2.15. The molecular formula is C9H17N3O2S. The molecule has 0 bridgehead atoms. The summed E-state index contributed by atoms with van der Waals surface area (Å²) >= 11 is 4.75. The molecule has 1 rings (SSSR count). The average Bonchev–Trinajstić information content (AvgIpc) is 2.53. The second-order valence-corrected chi connectivity index (χ2v) is 4.27. The van der Waals surface area contributed by atoms with Crippen molar-refractivity contribution in [1.29, 1.82) is 0 Å². The van der Waals surface area contributed by atoms with Crippen molar-refractivity contribution in [1.82, 2.24) is 10.6 Å². The standard InChI is InChI=1S/C9H17N3O2S/c1-6(4-8(10)15)11-9(13)12-7-2-3-14-5-7/h6-7H,2-5H2,1H3,(H2,10,15)(H2,11,12,13). The molecule has 2 amide bonds. The van der Waals surface area contributed by atoms with Gasteiger partial charge < -0.3 is 21.1 Å². The Kier molecular flexibility index (Phi) is 4.77. The minimum atomic E-state index is -0.186. The highest BCUT2D eigenvalue weighted by atomic mass is 32.1. The van der Waals surface area contributed by atoms with Crippen LogP contribution < -0.4 is 16.4 Å². The van der Waals surface area contributed by atoms with Crippen LogP contribution in [0.3, 0.4) is 0 Å². The van der Waals surface area contributed by atoms with Gasteiger partial charge in [0, 0.05) is 19.1 Å². The zero-order valence-corrected chi connectivity index (χ0v) is 9.60. The number of carbonyl (C=O) groups excluding carboxylic acids is 1. The monoisotopic (exact) mass is 231 g/mol. The van der Waals surface area contributed by atoms with Crippen molar-refractivity contribution in [2.45, 2.75) is 31.8 Å². The largest absolute Gasteiger partial charge is 0.393 e. The Hall–Kier alpha value is -0.880. The molecule has 0 aliphatic carbocycles. The van der Waals surface area contributed by atoms with Gasteiger partial charge in [0.05, 0.1) is 17.6 Å². The van der Waals surface area contributed by atoms with E-state index in [1.165, 1.54) is 0 Å². The Morgan fingerprint density at radius 2 is 2.47 bits per heavy atom. The highest BCUT2D eigenvalue weighted by Crippen LogP contribution is 2.02. The molecule has 86 valence electrons. The summed E-state index contributed by atoms with van der Waals surface area (Å²) < 4.78 is 5.14. The highest BCUT2D eigenvalue weighted by Gasteiger charge is 2.18. The molecule has 1 fully saturated rings. The molecule has 2 atom stereocenters. The van der Waals surface area contributed by atoms with E-state index in [0.717, 1.165) is 6.42 Å². The second kappa shape index (κ2) is 5.87. The van der Waals surface area contributed by atoms with Crippen molar-refractivity contribution in [3.63, 3.8) is 0 Å². The molecule has 1 aliphatic rings. The lowest BCUT2D eigenvalue weighted by Gasteiger charge is -2.16. The number of nitrogens with one attached hydrogen (secondary N) is 2. The van der Waals surface area contributed by atoms with Gasteiger partial charge in [0.15, 0.2) is 0 Å². The van der Waals surface area contributed by atoms with Crippen LogP contribution in [0.1, 0.15) is 19.8 Å². The van der Waals surface area contributed by atoms with E-state index in [1.807, 2.05) is 6.92 Å². The van der Waals surface area contributed by atoms with Gasteiger partial charge in [-0.3, -0.25) is 0 Å². The minimum absolute atomic E-state index is 0.0372. The number of hydrogen-bond acceptors (Lipinski definition) is 3. The molecule has 6 heteroatoms. The SMILES string of the molecule is CC(CC(N)=S)NC(=O)NC1CCOC1. The predicted octanol–water partition coefficient (Wildman–Crippen LogP) is 0.139. The Balaban J connectivity index is 2.19. The van der Waals surface area contributed by atoms with Gasteiger partial charge in [-0.1, -0.05) is 12.2 Å². The molecule has 0 saturated carbocycles. The second-order valence-electron chi connectivity index (χ2n) is 3.75. The lowest BCUT2D eigenvalue weighted by atomic mass is 10.2. The third kappa shape index (κ3) is 4.94. The van der Waals surface area contributed by atoms with Crippen LogP contribution in [-0.4, -0.2) is 36.3 Å². The fourth-order valence-corrected chi connectivity index (χ4v) is 1.70. The van der Waals surface area contributed by atoms with Crippen LogP contribution in [0.2, 0.25) is 0 Å². The maximum Gasteiger partial charge on any atom is 0.315 e. The molecule has 0 aromatic rings. The van der Waals surface area contributed by atoms with Crippen molar-refractivity contribution in [3.8, 4) is 0 Å². The first kappa shape index (κ1) is 12.2. The number of ether oxygens (including phenoxy) is 1. The third-order valence-corrected chi connectivity index (χ3v) is 2.32. The van der Waals surface area contributed by atoms with E-state index in [2.05, 4.69) is 10.6 Å². The highest BCUT2D eigenvalue weighted by molar-refractivity contribution is 7.80. The molecule has 1 saturated heterocycles. The smallest absolute Gasteiger partial charge is 0.315 e. The van der Waals surface area contributed by atoms with Crippen LogP contribution in [0.25, 0.3) is 0 Å². The van der Waals surface area contributed by atoms with E-state index in [1.54, 1.807) is 0 Å². The van der Waals surface area contributed by atoms with E-state index >= 15 is 0 Å². The summed E-state index contributed by atoms with van der Waals surface area (Å²) in [6, 6.07) is -0.0962. The molecule has 1 heterocycles. The van der Waals surface area contributed by atoms with Crippen molar-refractivity contribution < 1.29 is 9.53 Å². The number of thiocarbonyl (C=S) groups is 1. The number of amides is 2. The maximum atomic E-state index is 11.4. The van der Waals surface area contributed by atoms with Gasteiger partial charge in [-0.2, -0.15) is 0 Å². The number of carbonyl (C=O) groups is 1. The van der Waals surface area contributed by atoms with Crippen LogP contribution in [0.4, 0.5) is 4.79 Å². The van der Waals surface area contributed by atoms with Gasteiger partial charge in [-0.25, -0.2) is 4.79 Å². The molecule has 0 spiro atoms. The van der Waals surface area contributed by atoms with Gasteiger partial charge in [-0.15, -0.1) is 0 Å². The van der Waals surface area contributed by atoms with E-state index in [0.29, 0.717) is 24.6 Å². The van der Waals surface area contributed by atoms with Crippen LogP contribution in [-0.2, 0) is 4.74 Å². The fourth-order valence-electron chi connectivity index (χ4n) is 1.45. The maximum absolute atomic E-state index is 11.4. The summed E-state index contributed by atoms with van der Waals surface area (Å²) in [5.74, 6) is 0. The Labute approximate surface area is 94.7 Å². The van der Waals surface area contributed by atoms with Gasteiger partial charge >= 0.3 is 6.03 Å². The molecule has 5 nitrogen and oxygen atoms in total. The van der Waals surface area contributed by atoms with Crippen LogP contribution in [0.5, 0.6) is 0 Å². The van der Waals surface area contributed by atoms with E-state index in [-0.39, 0.29) is 18.1 Å². The lowest BCUT2D eigenvalue weighted by Crippen LogP contribution is -2.46. The first-order valence-electron chi connectivity index (χ1n) is 5.01. The number of rotatable bonds is 4. The topological polar surface area (TPSA) is 76.4 Å². The first-order valence-corrected chi connectivity index (χ1v) is 5.42. The summed E-state index contributed by atoms with van der Waals surface area (Å²) in [4.78, 5) is 11.8. The van der Waals surface area contributed by atoms with Gasteiger partial charge in [0.1, 0.15) is 0 Å². The number of urea groups is 1. The van der Waals surface area contributed by atoms with E-state index in [9.17, 15) is 4.79 Å². The fraction of sp³-hybridized carbons (Fsp3) is 0.778. The molecule has 4 N–H and O–H groups in total. The van der Waals surface area contributed by atoms with Crippen LogP contribution in [0.15, 0.2) is 0 Å². The number of nitrogens with two attached hydrogens (primary N) is 1. The molecule has 0 aromatic heterocycles. The van der Waals surface area contributed by atoms with Crippen molar-refractivity contribution in [2.75, 3.05) is 13.2 Å². The Morgan fingerprint density at radius 3 is 3.00 bits per heavy atom. The van der Waals surface area contributed by atoms with Gasteiger partial charge in [-0.05, 0) is 13.3 Å². The first-order chi connectivity index (χ1) is 7.08. The quantitative estimate of drug-likeness (QED) is 0.602. The van der Waals surface area contributed by atoms with Crippen molar-refractivity contribution in [3.05, 3.63) is 0 Å². The summed E-state index contributed by atoms with van der Waals surface area (Å²) in [6.45, 7) is 3.17. The van der Waals surface area contributed by atoms with Gasteiger partial charge in [0.25, 0.3) is 0 Å². The zero-order valence-electron chi connectivity index (χ0n) is 8.79. The Morgan fingerprint density at radius 1 is 1.73 bits per heavy atom. The zero-order chi connectivity index (χ0) is 11.3. The normalized spacial score (nSPS) is 22.1. The summed E-state index contributed by atoms with van der Waals surface area (Å²) in [7, 11) is 0. The van der Waals surface area contributed by atoms with Crippen molar-refractivity contribution in [2.24, 2.45) is 5.73 Å². The summed E-state index contributed by atoms with van der Waals surface area (Å²) in [5.41, 5.74) is 5.37. The van der Waals surface area contributed by atoms with Crippen LogP contribution >= 0.6 is 12.2 Å². The molecular weight excluding hydrogens is 214 g/mol. The van der Waals surface area contributed by atoms with E-state index < -0.39 is 0 Å². The average molecular weight is 231 g/mol. The molecule has 2 unspecified atom stereocenters. The Bertz CT molecular complexity index is 242. The van der Waals surface area contributed by atoms with Crippen molar-refractivity contribution >= 4 is 23.2 Å². The predicted molar refractivity (Wildman–Crippen MR) is 61.8 cm³/mol. The minimum Gasteiger partial charge on any atom is -0.393 e. The summed E-state index contributed by atoms with van der Waals surface area (Å²) in [6.07, 6.45) is 1.39. The van der Waals surface area contributed by atoms with Crippen LogP contribution in [0, 0.1) is 0 Å².